The van der Waals surface area contributed by atoms with Crippen LogP contribution in [0.3, 0.4) is 0 Å². The van der Waals surface area contributed by atoms with E-state index in [1.807, 2.05) is 0 Å². The number of anilines is 1. The van der Waals surface area contributed by atoms with Gasteiger partial charge < -0.3 is 14.2 Å². The lowest BCUT2D eigenvalue weighted by Gasteiger charge is -2.25. The van der Waals surface area contributed by atoms with Crippen LogP contribution in [0.1, 0.15) is 29.8 Å². The number of hydrogen-bond acceptors (Lipinski definition) is 2. The highest BCUT2D eigenvalue weighted by Gasteiger charge is 2.28. The van der Waals surface area contributed by atoms with Gasteiger partial charge in [-0.05, 0) is 48.7 Å². The Morgan fingerprint density at radius 1 is 1.08 bits per heavy atom. The van der Waals surface area contributed by atoms with Crippen molar-refractivity contribution < 1.29 is 4.74 Å². The summed E-state index contributed by atoms with van der Waals surface area (Å²) in [6.07, 6.45) is 5.35. The van der Waals surface area contributed by atoms with Gasteiger partial charge in [-0.1, -0.05) is 37.3 Å². The molecule has 0 amide bonds. The van der Waals surface area contributed by atoms with Crippen molar-refractivity contribution in [2.45, 2.75) is 26.5 Å². The first-order chi connectivity index (χ1) is 12.3. The molecule has 2 heterocycles. The monoisotopic (exact) mass is 332 g/mol. The lowest BCUT2D eigenvalue weighted by molar-refractivity contribution is 0.114. The Bertz CT molecular complexity index is 868. The Morgan fingerprint density at radius 2 is 1.96 bits per heavy atom. The van der Waals surface area contributed by atoms with E-state index >= 15 is 0 Å². The molecule has 3 aromatic rings. The van der Waals surface area contributed by atoms with E-state index in [2.05, 4.69) is 90.3 Å². The Kier molecular flexibility index (Phi) is 4.33. The molecule has 1 fully saturated rings. The largest absolute Gasteiger partial charge is 0.352 e. The van der Waals surface area contributed by atoms with Crippen molar-refractivity contribution in [3.63, 3.8) is 0 Å². The molecule has 3 heteroatoms. The van der Waals surface area contributed by atoms with Gasteiger partial charge in [-0.2, -0.15) is 0 Å². The second-order valence-electron chi connectivity index (χ2n) is 6.59. The van der Waals surface area contributed by atoms with Gasteiger partial charge in [-0.15, -0.1) is 0 Å². The van der Waals surface area contributed by atoms with Crippen LogP contribution >= 0.6 is 0 Å². The lowest BCUT2D eigenvalue weighted by Crippen LogP contribution is -2.23. The average molecular weight is 332 g/mol. The van der Waals surface area contributed by atoms with Gasteiger partial charge in [0, 0.05) is 35.9 Å². The third kappa shape index (κ3) is 3.08. The first-order valence-electron chi connectivity index (χ1n) is 8.97. The molecule has 0 saturated carbocycles. The predicted molar refractivity (Wildman–Crippen MR) is 102 cm³/mol. The molecule has 2 aromatic carbocycles. The number of para-hydroxylation sites is 1. The highest BCUT2D eigenvalue weighted by Crippen LogP contribution is 2.33. The van der Waals surface area contributed by atoms with Gasteiger partial charge in [0.15, 0.2) is 6.23 Å². The second-order valence-corrected chi connectivity index (χ2v) is 6.59. The highest BCUT2D eigenvalue weighted by molar-refractivity contribution is 5.51. The number of rotatable bonds is 4. The topological polar surface area (TPSA) is 17.4 Å². The zero-order valence-corrected chi connectivity index (χ0v) is 14.9. The van der Waals surface area contributed by atoms with Crippen molar-refractivity contribution in [3.8, 4) is 5.69 Å². The SMILES string of the molecule is CCc1ccccc1-n1ccc([C@@H]2OCCN2c2cccc(C)c2)c1. The Morgan fingerprint density at radius 3 is 2.80 bits per heavy atom. The van der Waals surface area contributed by atoms with Crippen molar-refractivity contribution in [2.75, 3.05) is 18.1 Å². The number of aryl methyl sites for hydroxylation is 2. The fraction of sp³-hybridized carbons (Fsp3) is 0.273. The lowest BCUT2D eigenvalue weighted by atomic mass is 10.1. The van der Waals surface area contributed by atoms with Crippen LogP contribution in [0, 0.1) is 6.92 Å². The molecule has 128 valence electrons. The predicted octanol–water partition coefficient (Wildman–Crippen LogP) is 4.88. The van der Waals surface area contributed by atoms with E-state index in [9.17, 15) is 0 Å². The summed E-state index contributed by atoms with van der Waals surface area (Å²) in [5.41, 5.74) is 6.30. The van der Waals surface area contributed by atoms with Crippen LogP contribution in [0.5, 0.6) is 0 Å². The molecule has 25 heavy (non-hydrogen) atoms. The number of benzene rings is 2. The van der Waals surface area contributed by atoms with E-state index in [1.54, 1.807) is 0 Å². The summed E-state index contributed by atoms with van der Waals surface area (Å²) in [6.45, 7) is 6.01. The number of hydrogen-bond donors (Lipinski definition) is 0. The van der Waals surface area contributed by atoms with Crippen LogP contribution in [0.4, 0.5) is 5.69 Å². The second kappa shape index (κ2) is 6.77. The van der Waals surface area contributed by atoms with Crippen molar-refractivity contribution in [1.82, 2.24) is 4.57 Å². The maximum Gasteiger partial charge on any atom is 0.158 e. The molecule has 1 aliphatic heterocycles. The van der Waals surface area contributed by atoms with Crippen molar-refractivity contribution in [2.24, 2.45) is 0 Å². The summed E-state index contributed by atoms with van der Waals surface area (Å²) in [6, 6.07) is 19.4. The number of ether oxygens (including phenoxy) is 1. The maximum absolute atomic E-state index is 6.06. The Labute approximate surface area is 149 Å². The standard InChI is InChI=1S/C22H24N2O/c1-3-18-8-4-5-10-21(18)23-12-11-19(16-23)22-24(13-14-25-22)20-9-6-7-17(2)15-20/h4-12,15-16,22H,3,13-14H2,1-2H3/t22-/m0/s1. The molecule has 0 unspecified atom stereocenters. The molecule has 1 aromatic heterocycles. The molecular formula is C22H24N2O. The Hall–Kier alpha value is -2.52. The summed E-state index contributed by atoms with van der Waals surface area (Å²) >= 11 is 0. The zero-order valence-electron chi connectivity index (χ0n) is 14.9. The van der Waals surface area contributed by atoms with E-state index in [4.69, 9.17) is 4.74 Å². The molecule has 0 bridgehead atoms. The fourth-order valence-electron chi connectivity index (χ4n) is 3.59. The molecule has 1 atom stereocenters. The van der Waals surface area contributed by atoms with Crippen LogP contribution in [0.2, 0.25) is 0 Å². The van der Waals surface area contributed by atoms with Gasteiger partial charge in [0.1, 0.15) is 0 Å². The molecule has 4 rings (SSSR count). The minimum atomic E-state index is -0.0168. The van der Waals surface area contributed by atoms with E-state index < -0.39 is 0 Å². The van der Waals surface area contributed by atoms with Gasteiger partial charge in [0.2, 0.25) is 0 Å². The zero-order chi connectivity index (χ0) is 17.2. The molecule has 1 saturated heterocycles. The van der Waals surface area contributed by atoms with E-state index in [0.717, 1.165) is 19.6 Å². The summed E-state index contributed by atoms with van der Waals surface area (Å²) < 4.78 is 8.28. The van der Waals surface area contributed by atoms with Crippen LogP contribution in [-0.4, -0.2) is 17.7 Å². The summed E-state index contributed by atoms with van der Waals surface area (Å²) in [7, 11) is 0. The molecule has 1 aliphatic rings. The van der Waals surface area contributed by atoms with Gasteiger partial charge in [-0.25, -0.2) is 0 Å². The third-order valence-corrected chi connectivity index (χ3v) is 4.88. The van der Waals surface area contributed by atoms with Crippen molar-refractivity contribution in [3.05, 3.63) is 83.7 Å². The van der Waals surface area contributed by atoms with Crippen molar-refractivity contribution >= 4 is 5.69 Å². The molecule has 0 radical (unpaired) electrons. The molecule has 0 N–H and O–H groups in total. The van der Waals surface area contributed by atoms with E-state index in [-0.39, 0.29) is 6.23 Å². The average Bonchev–Trinajstić information content (AvgIpc) is 3.30. The Balaban J connectivity index is 1.65. The summed E-state index contributed by atoms with van der Waals surface area (Å²) in [4.78, 5) is 2.35. The molecule has 3 nitrogen and oxygen atoms in total. The maximum atomic E-state index is 6.06. The van der Waals surface area contributed by atoms with Gasteiger partial charge in [0.05, 0.1) is 6.61 Å². The van der Waals surface area contributed by atoms with E-state index in [0.29, 0.717) is 0 Å². The summed E-state index contributed by atoms with van der Waals surface area (Å²) in [5, 5.41) is 0. The van der Waals surface area contributed by atoms with Crippen LogP contribution in [0.25, 0.3) is 5.69 Å². The number of nitrogens with zero attached hydrogens (tertiary/aromatic N) is 2. The molecule has 0 aliphatic carbocycles. The normalized spacial score (nSPS) is 17.2. The first kappa shape index (κ1) is 16.0. The van der Waals surface area contributed by atoms with Crippen LogP contribution < -0.4 is 4.90 Å². The summed E-state index contributed by atoms with van der Waals surface area (Å²) in [5.74, 6) is 0. The highest BCUT2D eigenvalue weighted by atomic mass is 16.5. The first-order valence-corrected chi connectivity index (χ1v) is 8.97. The van der Waals surface area contributed by atoms with E-state index in [1.165, 1.54) is 28.1 Å². The van der Waals surface area contributed by atoms with Gasteiger partial charge >= 0.3 is 0 Å². The van der Waals surface area contributed by atoms with Crippen LogP contribution in [-0.2, 0) is 11.2 Å². The quantitative estimate of drug-likeness (QED) is 0.677. The molecular weight excluding hydrogens is 308 g/mol. The number of aromatic nitrogens is 1. The fourth-order valence-corrected chi connectivity index (χ4v) is 3.59. The van der Waals surface area contributed by atoms with Gasteiger partial charge in [0.25, 0.3) is 0 Å². The minimum absolute atomic E-state index is 0.0168. The minimum Gasteiger partial charge on any atom is -0.352 e. The smallest absolute Gasteiger partial charge is 0.158 e. The van der Waals surface area contributed by atoms with Gasteiger partial charge in [-0.3, -0.25) is 0 Å². The molecule has 0 spiro atoms. The third-order valence-electron chi connectivity index (χ3n) is 4.88. The van der Waals surface area contributed by atoms with Crippen molar-refractivity contribution in [1.29, 1.82) is 0 Å². The van der Waals surface area contributed by atoms with Crippen LogP contribution in [0.15, 0.2) is 67.0 Å².